The Balaban J connectivity index is 0.00000363. The molecule has 0 aliphatic carbocycles. The molecule has 0 atom stereocenters. The van der Waals surface area contributed by atoms with Crippen molar-refractivity contribution < 1.29 is 0 Å². The third-order valence-corrected chi connectivity index (χ3v) is 5.91. The molecule has 178 valence electrons. The van der Waals surface area contributed by atoms with E-state index in [0.717, 1.165) is 87.9 Å². The zero-order valence-corrected chi connectivity index (χ0v) is 21.2. The molecule has 1 aliphatic rings. The lowest BCUT2D eigenvalue weighted by atomic mass is 9.95. The Labute approximate surface area is 199 Å². The van der Waals surface area contributed by atoms with Crippen molar-refractivity contribution in [2.75, 3.05) is 37.6 Å². The topological polar surface area (TPSA) is 54.3 Å². The van der Waals surface area contributed by atoms with E-state index in [1.54, 1.807) is 6.07 Å². The quantitative estimate of drug-likeness (QED) is 0.551. The summed E-state index contributed by atoms with van der Waals surface area (Å²) in [5.74, 6) is 2.03. The molecule has 3 rings (SSSR count). The molecule has 0 N–H and O–H groups in total. The highest BCUT2D eigenvalue weighted by molar-refractivity contribution is 5.85. The largest absolute Gasteiger partial charge is 0.354 e. The highest BCUT2D eigenvalue weighted by Crippen LogP contribution is 2.23. The summed E-state index contributed by atoms with van der Waals surface area (Å²) in [6.07, 6.45) is 6.16. The van der Waals surface area contributed by atoms with Crippen molar-refractivity contribution in [3.8, 4) is 0 Å². The second kappa shape index (κ2) is 11.8. The molecule has 1 saturated heterocycles. The third-order valence-electron chi connectivity index (χ3n) is 5.91. The van der Waals surface area contributed by atoms with Crippen molar-refractivity contribution in [3.05, 3.63) is 51.8 Å². The van der Waals surface area contributed by atoms with Crippen LogP contribution < -0.4 is 10.5 Å². The van der Waals surface area contributed by atoms with E-state index in [1.165, 1.54) is 0 Å². The average Bonchev–Trinajstić information content (AvgIpc) is 2.72. The van der Waals surface area contributed by atoms with Gasteiger partial charge in [0.05, 0.1) is 0 Å². The predicted molar refractivity (Wildman–Crippen MR) is 135 cm³/mol. The van der Waals surface area contributed by atoms with Gasteiger partial charge in [0, 0.05) is 62.2 Å². The van der Waals surface area contributed by atoms with E-state index in [9.17, 15) is 4.79 Å². The van der Waals surface area contributed by atoms with Crippen LogP contribution in [0.25, 0.3) is 0 Å². The molecule has 1 aliphatic heterocycles. The number of hydrogen-bond acceptors (Lipinski definition) is 5. The van der Waals surface area contributed by atoms with Gasteiger partial charge in [-0.05, 0) is 44.4 Å². The number of hydrogen-bond donors (Lipinski definition) is 0. The minimum atomic E-state index is -0.0419. The third kappa shape index (κ3) is 7.31. The van der Waals surface area contributed by atoms with Crippen LogP contribution in [0.5, 0.6) is 0 Å². The fourth-order valence-electron chi connectivity index (χ4n) is 3.97. The number of halogens is 1. The van der Waals surface area contributed by atoms with Gasteiger partial charge in [0.1, 0.15) is 11.6 Å². The fourth-order valence-corrected chi connectivity index (χ4v) is 3.97. The molecule has 2 aromatic heterocycles. The molecule has 1 fully saturated rings. The molecule has 0 saturated carbocycles. The van der Waals surface area contributed by atoms with Crippen LogP contribution in [0.4, 0.5) is 5.82 Å². The fraction of sp³-hybridized carbons (Fsp3) is 0.640. The number of rotatable bonds is 8. The maximum Gasteiger partial charge on any atom is 0.250 e. The van der Waals surface area contributed by atoms with Crippen LogP contribution in [0.15, 0.2) is 29.2 Å². The molecule has 6 nitrogen and oxygen atoms in total. The Bertz CT molecular complexity index is 913. The molecule has 0 bridgehead atoms. The first kappa shape index (κ1) is 26.3. The van der Waals surface area contributed by atoms with E-state index in [4.69, 9.17) is 9.97 Å². The molecule has 0 radical (unpaired) electrons. The Morgan fingerprint density at radius 2 is 1.69 bits per heavy atom. The summed E-state index contributed by atoms with van der Waals surface area (Å²) >= 11 is 0. The van der Waals surface area contributed by atoms with E-state index in [1.807, 2.05) is 23.8 Å². The lowest BCUT2D eigenvalue weighted by Gasteiger charge is -2.36. The Hall–Kier alpha value is -1.92. The SMILES string of the molecule is CCCc1cc(N2CCN(CCCCn3ccc(C)cc3=O)CC2)nc(C(C)(C)C)n1.Cl. The van der Waals surface area contributed by atoms with Crippen molar-refractivity contribution in [1.82, 2.24) is 19.4 Å². The van der Waals surface area contributed by atoms with Crippen molar-refractivity contribution in [3.63, 3.8) is 0 Å². The van der Waals surface area contributed by atoms with Crippen molar-refractivity contribution >= 4 is 18.2 Å². The van der Waals surface area contributed by atoms with Crippen LogP contribution in [0, 0.1) is 6.92 Å². The molecule has 0 aromatic carbocycles. The monoisotopic (exact) mass is 461 g/mol. The Morgan fingerprint density at radius 3 is 2.31 bits per heavy atom. The van der Waals surface area contributed by atoms with Gasteiger partial charge in [-0.3, -0.25) is 9.69 Å². The summed E-state index contributed by atoms with van der Waals surface area (Å²) in [5, 5.41) is 0. The highest BCUT2D eigenvalue weighted by atomic mass is 35.5. The van der Waals surface area contributed by atoms with E-state index < -0.39 is 0 Å². The zero-order chi connectivity index (χ0) is 22.4. The van der Waals surface area contributed by atoms with Gasteiger partial charge in [0.25, 0.3) is 5.56 Å². The van der Waals surface area contributed by atoms with Gasteiger partial charge in [-0.2, -0.15) is 0 Å². The Morgan fingerprint density at radius 1 is 1.00 bits per heavy atom. The molecule has 0 amide bonds. The number of nitrogens with zero attached hydrogens (tertiary/aromatic N) is 5. The van der Waals surface area contributed by atoms with Crippen molar-refractivity contribution in [1.29, 1.82) is 0 Å². The first-order chi connectivity index (χ1) is 14.8. The normalized spacial score (nSPS) is 15.0. The average molecular weight is 462 g/mol. The minimum Gasteiger partial charge on any atom is -0.354 e. The van der Waals surface area contributed by atoms with Crippen LogP contribution in [0.3, 0.4) is 0 Å². The van der Waals surface area contributed by atoms with Gasteiger partial charge in [-0.25, -0.2) is 9.97 Å². The summed E-state index contributed by atoms with van der Waals surface area (Å²) < 4.78 is 1.82. The second-order valence-corrected chi connectivity index (χ2v) is 9.81. The molecule has 32 heavy (non-hydrogen) atoms. The molecular formula is C25H40ClN5O. The lowest BCUT2D eigenvalue weighted by Crippen LogP contribution is -2.47. The standard InChI is InChI=1S/C25H39N5O.ClH/c1-6-9-21-19-22(27-24(26-21)25(3,4)5)29-16-14-28(15-17-29)11-7-8-12-30-13-10-20(2)18-23(30)31;/h10,13,18-19H,6-9,11-12,14-17H2,1-5H3;1H. The van der Waals surface area contributed by atoms with Gasteiger partial charge >= 0.3 is 0 Å². The molecule has 2 aromatic rings. The Kier molecular flexibility index (Phi) is 9.71. The van der Waals surface area contributed by atoms with Crippen molar-refractivity contribution in [2.45, 2.75) is 72.3 Å². The van der Waals surface area contributed by atoms with Gasteiger partial charge in [0.15, 0.2) is 0 Å². The van der Waals surface area contributed by atoms with E-state index >= 15 is 0 Å². The first-order valence-electron chi connectivity index (χ1n) is 11.8. The highest BCUT2D eigenvalue weighted by Gasteiger charge is 2.23. The van der Waals surface area contributed by atoms with Crippen LogP contribution in [0.2, 0.25) is 0 Å². The summed E-state index contributed by atoms with van der Waals surface area (Å²) in [6, 6.07) is 5.90. The smallest absolute Gasteiger partial charge is 0.250 e. The van der Waals surface area contributed by atoms with E-state index in [0.29, 0.717) is 0 Å². The molecule has 3 heterocycles. The molecule has 0 spiro atoms. The molecule has 0 unspecified atom stereocenters. The number of aryl methyl sites for hydroxylation is 3. The minimum absolute atomic E-state index is 0. The van der Waals surface area contributed by atoms with Crippen LogP contribution >= 0.6 is 12.4 Å². The summed E-state index contributed by atoms with van der Waals surface area (Å²) in [5.41, 5.74) is 2.25. The molecular weight excluding hydrogens is 422 g/mol. The maximum atomic E-state index is 12.0. The predicted octanol–water partition coefficient (Wildman–Crippen LogP) is 4.22. The van der Waals surface area contributed by atoms with Crippen LogP contribution in [0.1, 0.15) is 64.0 Å². The molecule has 7 heteroatoms. The van der Waals surface area contributed by atoms with Crippen LogP contribution in [-0.2, 0) is 18.4 Å². The first-order valence-corrected chi connectivity index (χ1v) is 11.8. The van der Waals surface area contributed by atoms with Gasteiger partial charge in [0.2, 0.25) is 0 Å². The van der Waals surface area contributed by atoms with Crippen molar-refractivity contribution in [2.24, 2.45) is 0 Å². The maximum absolute atomic E-state index is 12.0. The van der Waals surface area contributed by atoms with E-state index in [-0.39, 0.29) is 23.4 Å². The second-order valence-electron chi connectivity index (χ2n) is 9.81. The van der Waals surface area contributed by atoms with Crippen LogP contribution in [-0.4, -0.2) is 52.2 Å². The number of pyridine rings is 1. The number of anilines is 1. The summed E-state index contributed by atoms with van der Waals surface area (Å²) in [4.78, 5) is 26.7. The summed E-state index contributed by atoms with van der Waals surface area (Å²) in [7, 11) is 0. The van der Waals surface area contributed by atoms with Gasteiger partial charge < -0.3 is 9.47 Å². The zero-order valence-electron chi connectivity index (χ0n) is 20.4. The number of piperazine rings is 1. The van der Waals surface area contributed by atoms with E-state index in [2.05, 4.69) is 43.6 Å². The summed E-state index contributed by atoms with van der Waals surface area (Å²) in [6.45, 7) is 16.7. The van der Waals surface area contributed by atoms with Gasteiger partial charge in [-0.1, -0.05) is 34.1 Å². The number of unbranched alkanes of at least 4 members (excludes halogenated alkanes) is 1. The van der Waals surface area contributed by atoms with Gasteiger partial charge in [-0.15, -0.1) is 12.4 Å². The number of aromatic nitrogens is 3. The lowest BCUT2D eigenvalue weighted by molar-refractivity contribution is 0.250.